The number of rotatable bonds is 6. The fourth-order valence-corrected chi connectivity index (χ4v) is 5.34. The summed E-state index contributed by atoms with van der Waals surface area (Å²) in [6, 6.07) is 10.9. The molecule has 0 aliphatic rings. The van der Waals surface area contributed by atoms with Gasteiger partial charge in [0.15, 0.2) is 0 Å². The first-order valence-corrected chi connectivity index (χ1v) is 13.2. The van der Waals surface area contributed by atoms with Crippen molar-refractivity contribution >= 4 is 45.4 Å². The van der Waals surface area contributed by atoms with Gasteiger partial charge < -0.3 is 9.30 Å². The molecule has 0 saturated heterocycles. The van der Waals surface area contributed by atoms with E-state index >= 15 is 0 Å². The van der Waals surface area contributed by atoms with Crippen molar-refractivity contribution in [3.05, 3.63) is 102 Å². The third kappa shape index (κ3) is 5.63. The lowest BCUT2D eigenvalue weighted by atomic mass is 10.1. The molecule has 6 nitrogen and oxygen atoms in total. The number of hydrogen-bond acceptors (Lipinski definition) is 6. The van der Waals surface area contributed by atoms with Gasteiger partial charge in [0, 0.05) is 34.1 Å². The van der Waals surface area contributed by atoms with Crippen molar-refractivity contribution in [1.82, 2.24) is 19.5 Å². The molecule has 0 radical (unpaired) electrons. The fraction of sp³-hybridized carbons (Fsp3) is 0.185. The van der Waals surface area contributed by atoms with Gasteiger partial charge in [-0.3, -0.25) is 14.8 Å². The molecule has 0 bridgehead atoms. The molecule has 0 fully saturated rings. The topological polar surface area (TPSA) is 69.9 Å². The number of aryl methyl sites for hydroxylation is 2. The standard InChI is InChI=1S/C27H19Cl2F3N4O2S/c1-14-8-18(24-25(29)39-13-33-24)17-10-16(5-6-22(17)34-14)38-12-19-21(28)9-15(2)35-23(19)11-36-7-3-4-20(26(36)37)27(30,31)32/h3-10,13H,11-12H2,1-2H3. The molecule has 5 aromatic rings. The third-order valence-electron chi connectivity index (χ3n) is 6.00. The molecule has 0 spiro atoms. The van der Waals surface area contributed by atoms with Crippen LogP contribution < -0.4 is 10.3 Å². The van der Waals surface area contributed by atoms with E-state index in [0.717, 1.165) is 32.8 Å². The zero-order valence-electron chi connectivity index (χ0n) is 20.5. The Morgan fingerprint density at radius 3 is 2.54 bits per heavy atom. The second-order valence-electron chi connectivity index (χ2n) is 8.78. The predicted octanol–water partition coefficient (Wildman–Crippen LogP) is 7.48. The molecule has 39 heavy (non-hydrogen) atoms. The average Bonchev–Trinajstić information content (AvgIpc) is 3.29. The number of alkyl halides is 3. The van der Waals surface area contributed by atoms with Crippen molar-refractivity contribution < 1.29 is 17.9 Å². The van der Waals surface area contributed by atoms with E-state index in [2.05, 4.69) is 15.0 Å². The number of thiazole rings is 1. The highest BCUT2D eigenvalue weighted by Crippen LogP contribution is 2.36. The second-order valence-corrected chi connectivity index (χ2v) is 10.6. The largest absolute Gasteiger partial charge is 0.489 e. The van der Waals surface area contributed by atoms with E-state index in [1.807, 2.05) is 25.1 Å². The number of hydrogen-bond donors (Lipinski definition) is 0. The molecule has 12 heteroatoms. The summed E-state index contributed by atoms with van der Waals surface area (Å²) in [5, 5.41) is 1.11. The quantitative estimate of drug-likeness (QED) is 0.205. The minimum atomic E-state index is -4.77. The molecule has 5 rings (SSSR count). The van der Waals surface area contributed by atoms with Crippen molar-refractivity contribution in [2.75, 3.05) is 0 Å². The Labute approximate surface area is 234 Å². The van der Waals surface area contributed by atoms with Gasteiger partial charge in [0.25, 0.3) is 5.56 Å². The maximum Gasteiger partial charge on any atom is 0.421 e. The molecule has 1 aromatic carbocycles. The fourth-order valence-electron chi connectivity index (χ4n) is 4.23. The second kappa shape index (κ2) is 10.6. The van der Waals surface area contributed by atoms with E-state index in [0.29, 0.717) is 37.8 Å². The first kappa shape index (κ1) is 27.1. The molecule has 0 saturated carbocycles. The summed E-state index contributed by atoms with van der Waals surface area (Å²) in [4.78, 5) is 25.9. The number of pyridine rings is 3. The van der Waals surface area contributed by atoms with Crippen LogP contribution in [0.3, 0.4) is 0 Å². The van der Waals surface area contributed by atoms with E-state index in [9.17, 15) is 18.0 Å². The Balaban J connectivity index is 1.49. The van der Waals surface area contributed by atoms with Gasteiger partial charge in [0.05, 0.1) is 28.3 Å². The van der Waals surface area contributed by atoms with Gasteiger partial charge in [-0.15, -0.1) is 11.3 Å². The molecular formula is C27H19Cl2F3N4O2S. The molecule has 0 aliphatic heterocycles. The van der Waals surface area contributed by atoms with Crippen LogP contribution in [0.4, 0.5) is 13.2 Å². The SMILES string of the molecule is Cc1cc(Cl)c(COc2ccc3nc(C)cc(-c4ncsc4Cl)c3c2)c(Cn2cccc(C(F)(F)F)c2=O)n1. The minimum absolute atomic E-state index is 0.0350. The predicted molar refractivity (Wildman–Crippen MR) is 146 cm³/mol. The van der Waals surface area contributed by atoms with Crippen LogP contribution >= 0.6 is 34.5 Å². The molecule has 0 atom stereocenters. The Morgan fingerprint density at radius 1 is 1.05 bits per heavy atom. The monoisotopic (exact) mass is 590 g/mol. The van der Waals surface area contributed by atoms with Crippen LogP contribution in [0.1, 0.15) is 28.2 Å². The summed E-state index contributed by atoms with van der Waals surface area (Å²) >= 11 is 14.2. The van der Waals surface area contributed by atoms with E-state index in [1.54, 1.807) is 24.6 Å². The van der Waals surface area contributed by atoms with Gasteiger partial charge in [0.2, 0.25) is 0 Å². The molecule has 0 N–H and O–H groups in total. The lowest BCUT2D eigenvalue weighted by molar-refractivity contribution is -0.138. The average molecular weight is 591 g/mol. The van der Waals surface area contributed by atoms with Gasteiger partial charge in [-0.2, -0.15) is 13.2 Å². The minimum Gasteiger partial charge on any atom is -0.489 e. The first-order chi connectivity index (χ1) is 18.5. The lowest BCUT2D eigenvalue weighted by Gasteiger charge is -2.16. The zero-order chi connectivity index (χ0) is 27.9. The smallest absolute Gasteiger partial charge is 0.421 e. The summed E-state index contributed by atoms with van der Waals surface area (Å²) in [7, 11) is 0. The number of benzene rings is 1. The Hall–Kier alpha value is -3.47. The maximum absolute atomic E-state index is 13.3. The number of aromatic nitrogens is 4. The van der Waals surface area contributed by atoms with Crippen molar-refractivity contribution in [2.45, 2.75) is 33.2 Å². The van der Waals surface area contributed by atoms with Crippen molar-refractivity contribution in [1.29, 1.82) is 0 Å². The highest BCUT2D eigenvalue weighted by Gasteiger charge is 2.34. The molecule has 4 aromatic heterocycles. The van der Waals surface area contributed by atoms with E-state index < -0.39 is 17.3 Å². The summed E-state index contributed by atoms with van der Waals surface area (Å²) in [5.41, 5.74) is 3.59. The molecular weight excluding hydrogens is 572 g/mol. The molecule has 0 aliphatic carbocycles. The van der Waals surface area contributed by atoms with Crippen LogP contribution in [0.2, 0.25) is 9.36 Å². The van der Waals surface area contributed by atoms with Crippen LogP contribution in [-0.2, 0) is 19.3 Å². The van der Waals surface area contributed by atoms with Crippen molar-refractivity contribution in [2.24, 2.45) is 0 Å². The van der Waals surface area contributed by atoms with Crippen LogP contribution in [0.5, 0.6) is 5.75 Å². The van der Waals surface area contributed by atoms with E-state index in [1.165, 1.54) is 23.6 Å². The Morgan fingerprint density at radius 2 is 1.82 bits per heavy atom. The van der Waals surface area contributed by atoms with Gasteiger partial charge >= 0.3 is 6.18 Å². The number of fused-ring (bicyclic) bond motifs is 1. The highest BCUT2D eigenvalue weighted by atomic mass is 35.5. The molecule has 0 amide bonds. The van der Waals surface area contributed by atoms with Crippen LogP contribution in [0.25, 0.3) is 22.2 Å². The van der Waals surface area contributed by atoms with Gasteiger partial charge in [0.1, 0.15) is 28.0 Å². The van der Waals surface area contributed by atoms with Gasteiger partial charge in [-0.1, -0.05) is 23.2 Å². The van der Waals surface area contributed by atoms with Crippen LogP contribution in [0.15, 0.2) is 59.0 Å². The van der Waals surface area contributed by atoms with Crippen LogP contribution in [-0.4, -0.2) is 19.5 Å². The van der Waals surface area contributed by atoms with Crippen LogP contribution in [0, 0.1) is 13.8 Å². The molecule has 0 unspecified atom stereocenters. The van der Waals surface area contributed by atoms with E-state index in [4.69, 9.17) is 27.9 Å². The van der Waals surface area contributed by atoms with Gasteiger partial charge in [-0.05, 0) is 56.3 Å². The van der Waals surface area contributed by atoms with Gasteiger partial charge in [-0.25, -0.2) is 4.98 Å². The first-order valence-electron chi connectivity index (χ1n) is 11.6. The summed E-state index contributed by atoms with van der Waals surface area (Å²) in [6.45, 7) is 3.35. The maximum atomic E-state index is 13.3. The van der Waals surface area contributed by atoms with Crippen molar-refractivity contribution in [3.8, 4) is 17.0 Å². The van der Waals surface area contributed by atoms with Crippen molar-refractivity contribution in [3.63, 3.8) is 0 Å². The zero-order valence-corrected chi connectivity index (χ0v) is 22.8. The normalized spacial score (nSPS) is 11.8. The number of nitrogens with zero attached hydrogens (tertiary/aromatic N) is 4. The van der Waals surface area contributed by atoms with E-state index in [-0.39, 0.29) is 13.2 Å². The summed E-state index contributed by atoms with van der Waals surface area (Å²) in [6.07, 6.45) is -3.49. The highest BCUT2D eigenvalue weighted by molar-refractivity contribution is 7.14. The lowest BCUT2D eigenvalue weighted by Crippen LogP contribution is -2.29. The number of halogens is 5. The summed E-state index contributed by atoms with van der Waals surface area (Å²) in [5.74, 6) is 0.500. The Bertz CT molecular complexity index is 1770. The number of ether oxygens (including phenoxy) is 1. The summed E-state index contributed by atoms with van der Waals surface area (Å²) < 4.78 is 47.4. The Kier molecular flexibility index (Phi) is 7.37. The molecule has 4 heterocycles. The molecule has 200 valence electrons. The third-order valence-corrected chi connectivity index (χ3v) is 7.39.